The van der Waals surface area contributed by atoms with E-state index in [9.17, 15) is 22.8 Å². The minimum atomic E-state index is -4.71. The molecule has 2 saturated heterocycles. The predicted octanol–water partition coefficient (Wildman–Crippen LogP) is 6.05. The monoisotopic (exact) mass is 699 g/mol. The highest BCUT2D eigenvalue weighted by Crippen LogP contribution is 2.26. The molecule has 0 radical (unpaired) electrons. The van der Waals surface area contributed by atoms with Gasteiger partial charge in [0.2, 0.25) is 0 Å². The van der Waals surface area contributed by atoms with Crippen molar-refractivity contribution in [2.24, 2.45) is 0 Å². The van der Waals surface area contributed by atoms with Gasteiger partial charge < -0.3 is 24.1 Å². The molecule has 6 rings (SSSR count). The summed E-state index contributed by atoms with van der Waals surface area (Å²) in [7, 11) is 0. The van der Waals surface area contributed by atoms with Gasteiger partial charge in [0.05, 0.1) is 0 Å². The second-order valence-corrected chi connectivity index (χ2v) is 12.2. The lowest BCUT2D eigenvalue weighted by Gasteiger charge is -2.32. The van der Waals surface area contributed by atoms with Crippen molar-refractivity contribution >= 4 is 34.4 Å². The van der Waals surface area contributed by atoms with Crippen LogP contribution < -0.4 is 14.8 Å². The standard InChI is InChI=1S/C35H36F3N3O5.O2S/c1-23-2-7-28(8-3-23)44-29-14-18-41(19-15-29)34(43)25-6-11-31-26(20-25)21-32(45-31)33(42)39-27-12-16-40(17-13-27)22-24-4-9-30(10-5-24)46-35(36,37)38;1-3-2/h2-11,20-21,27,29H,12-19,22H2,1H3,(H,39,42);. The van der Waals surface area contributed by atoms with E-state index >= 15 is 0 Å². The number of furan rings is 1. The SMILES string of the molecule is Cc1ccc(OC2CCN(C(=O)c3ccc4oc(C(=O)NC5CCN(Cc6ccc(OC(F)(F)F)cc6)CC5)cc4c3)CC2)cc1.O=S=O. The zero-order chi connectivity index (χ0) is 35.0. The Morgan fingerprint density at radius 1 is 0.878 bits per heavy atom. The Morgan fingerprint density at radius 2 is 1.51 bits per heavy atom. The molecule has 10 nitrogen and oxygen atoms in total. The van der Waals surface area contributed by atoms with Crippen molar-refractivity contribution in [3.8, 4) is 11.5 Å². The molecule has 49 heavy (non-hydrogen) atoms. The maximum absolute atomic E-state index is 13.3. The van der Waals surface area contributed by atoms with Crippen LogP contribution in [0, 0.1) is 6.92 Å². The highest BCUT2D eigenvalue weighted by atomic mass is 32.1. The maximum Gasteiger partial charge on any atom is 0.573 e. The lowest BCUT2D eigenvalue weighted by Crippen LogP contribution is -2.44. The van der Waals surface area contributed by atoms with Gasteiger partial charge in [0.15, 0.2) is 5.76 Å². The van der Waals surface area contributed by atoms with Gasteiger partial charge in [0.25, 0.3) is 11.8 Å². The van der Waals surface area contributed by atoms with Crippen molar-refractivity contribution in [1.82, 2.24) is 15.1 Å². The Morgan fingerprint density at radius 3 is 2.14 bits per heavy atom. The number of piperidine rings is 2. The van der Waals surface area contributed by atoms with Gasteiger partial charge in [-0.2, -0.15) is 8.42 Å². The van der Waals surface area contributed by atoms with Crippen molar-refractivity contribution < 1.29 is 45.1 Å². The fourth-order valence-electron chi connectivity index (χ4n) is 6.00. The number of likely N-dealkylation sites (tertiary alicyclic amines) is 2. The number of ether oxygens (including phenoxy) is 2. The minimum absolute atomic E-state index is 0.0328. The molecule has 260 valence electrons. The predicted molar refractivity (Wildman–Crippen MR) is 175 cm³/mol. The van der Waals surface area contributed by atoms with Gasteiger partial charge in [0, 0.05) is 62.6 Å². The number of nitrogens with zero attached hydrogens (tertiary/aromatic N) is 2. The van der Waals surface area contributed by atoms with Gasteiger partial charge in [-0.3, -0.25) is 14.5 Å². The van der Waals surface area contributed by atoms with Crippen LogP contribution in [-0.2, 0) is 18.1 Å². The Balaban J connectivity index is 0.00000151. The van der Waals surface area contributed by atoms with E-state index in [1.165, 1.54) is 17.7 Å². The number of nitrogens with one attached hydrogen (secondary N) is 1. The van der Waals surface area contributed by atoms with E-state index in [2.05, 4.69) is 15.0 Å². The molecular weight excluding hydrogens is 663 g/mol. The van der Waals surface area contributed by atoms with E-state index in [-0.39, 0.29) is 35.5 Å². The number of hydrogen-bond acceptors (Lipinski definition) is 8. The number of fused-ring (bicyclic) bond motifs is 1. The summed E-state index contributed by atoms with van der Waals surface area (Å²) in [4.78, 5) is 30.4. The van der Waals surface area contributed by atoms with E-state index in [0.29, 0.717) is 36.2 Å². The molecule has 3 heterocycles. The average molecular weight is 700 g/mol. The van der Waals surface area contributed by atoms with Gasteiger partial charge in [-0.25, -0.2) is 0 Å². The number of hydrogen-bond donors (Lipinski definition) is 1. The first-order chi connectivity index (χ1) is 23.5. The summed E-state index contributed by atoms with van der Waals surface area (Å²) in [5, 5.41) is 3.74. The van der Waals surface area contributed by atoms with Crippen molar-refractivity contribution in [2.75, 3.05) is 26.2 Å². The highest BCUT2D eigenvalue weighted by Gasteiger charge is 2.31. The minimum Gasteiger partial charge on any atom is -0.490 e. The molecule has 1 N–H and O–H groups in total. The molecule has 3 aromatic carbocycles. The summed E-state index contributed by atoms with van der Waals surface area (Å²) in [5.41, 5.74) is 3.15. The second kappa shape index (κ2) is 16.1. The number of aryl methyl sites for hydroxylation is 1. The average Bonchev–Trinajstić information content (AvgIpc) is 3.51. The molecule has 4 aromatic rings. The molecule has 2 amide bonds. The van der Waals surface area contributed by atoms with Crippen molar-refractivity contribution in [3.05, 3.63) is 95.2 Å². The number of benzene rings is 3. The summed E-state index contributed by atoms with van der Waals surface area (Å²) in [5.74, 6) is 0.430. The normalized spacial score (nSPS) is 16.0. The summed E-state index contributed by atoms with van der Waals surface area (Å²) in [6, 6.07) is 20.7. The van der Waals surface area contributed by atoms with Crippen LogP contribution in [0.1, 0.15) is 57.7 Å². The number of carbonyl (C=O) groups is 2. The second-order valence-electron chi connectivity index (χ2n) is 12.1. The zero-order valence-electron chi connectivity index (χ0n) is 26.7. The number of halogens is 3. The van der Waals surface area contributed by atoms with Gasteiger partial charge in [-0.1, -0.05) is 29.8 Å². The third-order valence-electron chi connectivity index (χ3n) is 8.53. The number of carbonyl (C=O) groups excluding carboxylic acids is 2. The van der Waals surface area contributed by atoms with E-state index in [0.717, 1.165) is 50.1 Å². The van der Waals surface area contributed by atoms with Crippen molar-refractivity contribution in [1.29, 1.82) is 0 Å². The van der Waals surface area contributed by atoms with Crippen LogP contribution in [0.5, 0.6) is 11.5 Å². The summed E-state index contributed by atoms with van der Waals surface area (Å²) < 4.78 is 69.6. The Labute approximate surface area is 284 Å². The van der Waals surface area contributed by atoms with Crippen LogP contribution in [-0.4, -0.2) is 74.7 Å². The quantitative estimate of drug-likeness (QED) is 0.236. The first kappa shape index (κ1) is 35.6. The van der Waals surface area contributed by atoms with Crippen molar-refractivity contribution in [3.63, 3.8) is 0 Å². The maximum atomic E-state index is 13.3. The van der Waals surface area contributed by atoms with Gasteiger partial charge in [-0.15, -0.1) is 13.2 Å². The van der Waals surface area contributed by atoms with Crippen LogP contribution in [0.4, 0.5) is 13.2 Å². The largest absolute Gasteiger partial charge is 0.573 e. The van der Waals surface area contributed by atoms with Crippen LogP contribution >= 0.6 is 0 Å². The Hall–Kier alpha value is -4.69. The molecule has 0 bridgehead atoms. The smallest absolute Gasteiger partial charge is 0.490 e. The molecule has 0 atom stereocenters. The fourth-order valence-corrected chi connectivity index (χ4v) is 6.00. The molecule has 14 heteroatoms. The third kappa shape index (κ3) is 10.2. The zero-order valence-corrected chi connectivity index (χ0v) is 27.6. The van der Waals surface area contributed by atoms with Crippen LogP contribution in [0.25, 0.3) is 11.0 Å². The van der Waals surface area contributed by atoms with Gasteiger partial charge >= 0.3 is 17.9 Å². The molecular formula is C35H36F3N3O7S. The van der Waals surface area contributed by atoms with Gasteiger partial charge in [0.1, 0.15) is 23.2 Å². The van der Waals surface area contributed by atoms with Gasteiger partial charge in [-0.05, 0) is 73.9 Å². The number of amides is 2. The molecule has 0 spiro atoms. The third-order valence-corrected chi connectivity index (χ3v) is 8.53. The Bertz CT molecular complexity index is 1760. The van der Waals surface area contributed by atoms with Crippen molar-refractivity contribution in [2.45, 2.75) is 57.7 Å². The summed E-state index contributed by atoms with van der Waals surface area (Å²) in [6.45, 7) is 5.30. The van der Waals surface area contributed by atoms with E-state index in [1.54, 1.807) is 36.4 Å². The van der Waals surface area contributed by atoms with Crippen LogP contribution in [0.3, 0.4) is 0 Å². The lowest BCUT2D eigenvalue weighted by molar-refractivity contribution is -0.274. The number of alkyl halides is 3. The molecule has 0 unspecified atom stereocenters. The molecule has 2 aliphatic heterocycles. The fraction of sp³-hybridized carbons (Fsp3) is 0.371. The van der Waals surface area contributed by atoms with Crippen LogP contribution in [0.2, 0.25) is 0 Å². The van der Waals surface area contributed by atoms with Crippen LogP contribution in [0.15, 0.2) is 77.2 Å². The first-order valence-corrected chi connectivity index (χ1v) is 16.5. The van der Waals surface area contributed by atoms with E-state index in [4.69, 9.17) is 17.6 Å². The number of rotatable bonds is 8. The molecule has 2 aliphatic rings. The lowest BCUT2D eigenvalue weighted by atomic mass is 10.0. The molecule has 0 saturated carbocycles. The topological polar surface area (TPSA) is 118 Å². The Kier molecular flexibility index (Phi) is 11.7. The molecule has 2 fully saturated rings. The summed E-state index contributed by atoms with van der Waals surface area (Å²) in [6.07, 6.45) is -1.68. The highest BCUT2D eigenvalue weighted by molar-refractivity contribution is 7.51. The molecule has 1 aromatic heterocycles. The van der Waals surface area contributed by atoms with E-state index < -0.39 is 17.9 Å². The van der Waals surface area contributed by atoms with E-state index in [1.807, 2.05) is 36.1 Å². The molecule has 0 aliphatic carbocycles. The summed E-state index contributed by atoms with van der Waals surface area (Å²) >= 11 is -0.750. The first-order valence-electron chi connectivity index (χ1n) is 15.9.